The Kier molecular flexibility index (Phi) is 9.65. The Morgan fingerprint density at radius 3 is 2.39 bits per heavy atom. The van der Waals surface area contributed by atoms with E-state index in [1.165, 1.54) is 0 Å². The molecule has 0 radical (unpaired) electrons. The van der Waals surface area contributed by atoms with Crippen LogP contribution in [0.1, 0.15) is 13.8 Å². The van der Waals surface area contributed by atoms with Gasteiger partial charge in [0.25, 0.3) is 0 Å². The number of carbonyl (C=O) groups is 1. The minimum Gasteiger partial charge on any atom is -0.378 e. The van der Waals surface area contributed by atoms with Gasteiger partial charge >= 0.3 is 0 Å². The number of carbonyl (C=O) groups excluding carboxylic acids is 1. The molecule has 8 nitrogen and oxygen atoms in total. The number of rotatable bonds is 11. The summed E-state index contributed by atoms with van der Waals surface area (Å²) >= 11 is 0. The van der Waals surface area contributed by atoms with Crippen LogP contribution < -0.4 is 5.32 Å². The van der Waals surface area contributed by atoms with Crippen molar-refractivity contribution in [1.82, 2.24) is 14.5 Å². The average Bonchev–Trinajstić information content (AvgIpc) is 2.56. The van der Waals surface area contributed by atoms with Gasteiger partial charge in [-0.15, -0.1) is 0 Å². The second-order valence-electron chi connectivity index (χ2n) is 5.24. The lowest BCUT2D eigenvalue weighted by Crippen LogP contribution is -2.49. The van der Waals surface area contributed by atoms with E-state index >= 15 is 0 Å². The van der Waals surface area contributed by atoms with Gasteiger partial charge in [-0.1, -0.05) is 0 Å². The zero-order chi connectivity index (χ0) is 17.1. The Morgan fingerprint density at radius 1 is 1.09 bits per heavy atom. The van der Waals surface area contributed by atoms with Crippen LogP contribution in [0.5, 0.6) is 0 Å². The molecule has 1 aliphatic heterocycles. The van der Waals surface area contributed by atoms with Crippen molar-refractivity contribution in [2.75, 3.05) is 71.4 Å². The Morgan fingerprint density at radius 2 is 1.78 bits per heavy atom. The Hall–Kier alpha value is -0.740. The van der Waals surface area contributed by atoms with Crippen LogP contribution >= 0.6 is 0 Å². The molecule has 0 bridgehead atoms. The molecular formula is C14H29N3O5S. The lowest BCUT2D eigenvalue weighted by molar-refractivity contribution is -0.125. The van der Waals surface area contributed by atoms with Crippen LogP contribution in [0.3, 0.4) is 0 Å². The van der Waals surface area contributed by atoms with E-state index in [4.69, 9.17) is 9.47 Å². The largest absolute Gasteiger partial charge is 0.378 e. The monoisotopic (exact) mass is 351 g/mol. The van der Waals surface area contributed by atoms with E-state index in [1.807, 2.05) is 6.92 Å². The first-order chi connectivity index (χ1) is 11.0. The quantitative estimate of drug-likeness (QED) is 0.487. The lowest BCUT2D eigenvalue weighted by atomic mass is 10.3. The van der Waals surface area contributed by atoms with Crippen LogP contribution in [-0.2, 0) is 24.3 Å². The maximum atomic E-state index is 11.8. The second-order valence-corrected chi connectivity index (χ2v) is 7.50. The summed E-state index contributed by atoms with van der Waals surface area (Å²) in [5.74, 6) is 0.0224. The van der Waals surface area contributed by atoms with Crippen LogP contribution in [0.4, 0.5) is 0 Å². The van der Waals surface area contributed by atoms with E-state index in [0.717, 1.165) is 19.6 Å². The number of nitrogens with zero attached hydrogens (tertiary/aromatic N) is 2. The highest BCUT2D eigenvalue weighted by Crippen LogP contribution is 2.07. The first-order valence-corrected chi connectivity index (χ1v) is 9.73. The van der Waals surface area contributed by atoms with Gasteiger partial charge in [-0.3, -0.25) is 9.69 Å². The third-order valence-electron chi connectivity index (χ3n) is 3.65. The zero-order valence-corrected chi connectivity index (χ0v) is 14.9. The van der Waals surface area contributed by atoms with E-state index in [0.29, 0.717) is 39.5 Å². The van der Waals surface area contributed by atoms with Crippen molar-refractivity contribution in [2.24, 2.45) is 0 Å². The summed E-state index contributed by atoms with van der Waals surface area (Å²) in [6, 6.07) is 0. The van der Waals surface area contributed by atoms with E-state index < -0.39 is 10.0 Å². The number of sulfonamides is 1. The van der Waals surface area contributed by atoms with Crippen LogP contribution in [0.2, 0.25) is 0 Å². The SMILES string of the molecule is CCOCC(=O)NCCOCCN1CCN(S(=O)(=O)CC)CC1. The summed E-state index contributed by atoms with van der Waals surface area (Å²) in [5, 5.41) is 2.71. The molecule has 0 aromatic rings. The number of ether oxygens (including phenoxy) is 2. The minimum absolute atomic E-state index is 0.0848. The maximum absolute atomic E-state index is 11.8. The third kappa shape index (κ3) is 8.07. The highest BCUT2D eigenvalue weighted by Gasteiger charge is 2.24. The molecule has 0 saturated carbocycles. The lowest BCUT2D eigenvalue weighted by Gasteiger charge is -2.33. The Bertz CT molecular complexity index is 436. The molecule has 0 aromatic carbocycles. The van der Waals surface area contributed by atoms with Gasteiger partial charge in [-0.25, -0.2) is 8.42 Å². The van der Waals surface area contributed by atoms with Crippen LogP contribution in [-0.4, -0.2) is 95.0 Å². The smallest absolute Gasteiger partial charge is 0.246 e. The number of piperazine rings is 1. The Balaban J connectivity index is 2.02. The molecule has 1 aliphatic rings. The molecular weight excluding hydrogens is 322 g/mol. The van der Waals surface area contributed by atoms with Crippen LogP contribution in [0, 0.1) is 0 Å². The van der Waals surface area contributed by atoms with Gasteiger partial charge in [0.15, 0.2) is 0 Å². The minimum atomic E-state index is -3.07. The van der Waals surface area contributed by atoms with E-state index in [9.17, 15) is 13.2 Å². The molecule has 1 amide bonds. The summed E-state index contributed by atoms with van der Waals surface area (Å²) in [7, 11) is -3.07. The van der Waals surface area contributed by atoms with Crippen LogP contribution in [0.15, 0.2) is 0 Å². The Labute approximate surface area is 139 Å². The van der Waals surface area contributed by atoms with Crippen molar-refractivity contribution in [3.05, 3.63) is 0 Å². The van der Waals surface area contributed by atoms with Crippen molar-refractivity contribution < 1.29 is 22.7 Å². The topological polar surface area (TPSA) is 88.2 Å². The molecule has 1 fully saturated rings. The van der Waals surface area contributed by atoms with E-state index in [-0.39, 0.29) is 18.3 Å². The molecule has 1 rings (SSSR count). The summed E-state index contributed by atoms with van der Waals surface area (Å²) in [6.07, 6.45) is 0. The van der Waals surface area contributed by atoms with Crippen molar-refractivity contribution in [3.8, 4) is 0 Å². The first kappa shape index (κ1) is 20.3. The van der Waals surface area contributed by atoms with Crippen molar-refractivity contribution in [1.29, 1.82) is 0 Å². The highest BCUT2D eigenvalue weighted by molar-refractivity contribution is 7.89. The fraction of sp³-hybridized carbons (Fsp3) is 0.929. The molecule has 0 atom stereocenters. The van der Waals surface area contributed by atoms with Gasteiger partial charge in [0.1, 0.15) is 6.61 Å². The molecule has 136 valence electrons. The maximum Gasteiger partial charge on any atom is 0.246 e. The molecule has 1 heterocycles. The molecule has 23 heavy (non-hydrogen) atoms. The van der Waals surface area contributed by atoms with Gasteiger partial charge in [-0.2, -0.15) is 4.31 Å². The van der Waals surface area contributed by atoms with E-state index in [2.05, 4.69) is 10.2 Å². The number of hydrogen-bond acceptors (Lipinski definition) is 6. The molecule has 0 spiro atoms. The summed E-state index contributed by atoms with van der Waals surface area (Å²) in [5.41, 5.74) is 0. The third-order valence-corrected chi connectivity index (χ3v) is 5.53. The van der Waals surface area contributed by atoms with Gasteiger partial charge in [0.05, 0.1) is 19.0 Å². The summed E-state index contributed by atoms with van der Waals surface area (Å²) < 4.78 is 35.5. The average molecular weight is 351 g/mol. The predicted octanol–water partition coefficient (Wildman–Crippen LogP) is -0.877. The summed E-state index contributed by atoms with van der Waals surface area (Å²) in [6.45, 7) is 8.94. The van der Waals surface area contributed by atoms with Gasteiger partial charge in [0.2, 0.25) is 15.9 Å². The highest BCUT2D eigenvalue weighted by atomic mass is 32.2. The molecule has 9 heteroatoms. The first-order valence-electron chi connectivity index (χ1n) is 8.12. The van der Waals surface area contributed by atoms with Gasteiger partial charge < -0.3 is 14.8 Å². The van der Waals surface area contributed by atoms with Crippen molar-refractivity contribution in [3.63, 3.8) is 0 Å². The molecule has 1 saturated heterocycles. The van der Waals surface area contributed by atoms with Gasteiger partial charge in [0, 0.05) is 45.9 Å². The second kappa shape index (κ2) is 10.9. The normalized spacial score (nSPS) is 17.3. The fourth-order valence-corrected chi connectivity index (χ4v) is 3.30. The molecule has 0 unspecified atom stereocenters. The molecule has 1 N–H and O–H groups in total. The molecule has 0 aliphatic carbocycles. The van der Waals surface area contributed by atoms with E-state index in [1.54, 1.807) is 11.2 Å². The number of hydrogen-bond donors (Lipinski definition) is 1. The summed E-state index contributed by atoms with van der Waals surface area (Å²) in [4.78, 5) is 13.5. The predicted molar refractivity (Wildman–Crippen MR) is 87.8 cm³/mol. The van der Waals surface area contributed by atoms with Crippen molar-refractivity contribution >= 4 is 15.9 Å². The fourth-order valence-electron chi connectivity index (χ4n) is 2.22. The van der Waals surface area contributed by atoms with Crippen molar-refractivity contribution in [2.45, 2.75) is 13.8 Å². The molecule has 0 aromatic heterocycles. The van der Waals surface area contributed by atoms with Crippen LogP contribution in [0.25, 0.3) is 0 Å². The number of amides is 1. The van der Waals surface area contributed by atoms with Gasteiger partial charge in [-0.05, 0) is 13.8 Å². The standard InChI is InChI=1S/C14H29N3O5S/c1-3-21-13-14(18)15-5-11-22-12-10-16-6-8-17(9-7-16)23(19,20)4-2/h3-13H2,1-2H3,(H,15,18). The zero-order valence-electron chi connectivity index (χ0n) is 14.1. The number of nitrogens with one attached hydrogen (secondary N) is 1.